The molecule has 13 heteroatoms. The summed E-state index contributed by atoms with van der Waals surface area (Å²) in [7, 11) is 2.41. The summed E-state index contributed by atoms with van der Waals surface area (Å²) in [6.07, 6.45) is -3.38. The standard InChI is InChI=1S/C34H36N2O11/c1-21(36(20-27(37)38)30(39)28-29(31(40)41)47-34(46-28,33(43)44)32(42)35(2)3)26(19-14-22-10-6-4-7-11-22)23-15-17-25(18-16-23)45-24-12-8-5-9-13-24/h4-13,15-18,21,26,28-29H,14,19-20H2,1-3H3,(H,37,38)(H,40,41)(H,43,44)/t21-,26+,28+,29+,34-/m1/s1. The topological polar surface area (TPSA) is 180 Å². The third-order valence-electron chi connectivity index (χ3n) is 7.85. The van der Waals surface area contributed by atoms with E-state index in [0.717, 1.165) is 20.9 Å². The van der Waals surface area contributed by atoms with Crippen molar-refractivity contribution in [3.8, 4) is 11.5 Å². The van der Waals surface area contributed by atoms with Crippen molar-refractivity contribution in [1.82, 2.24) is 9.80 Å². The van der Waals surface area contributed by atoms with Crippen LogP contribution in [0.25, 0.3) is 0 Å². The van der Waals surface area contributed by atoms with E-state index in [1.165, 1.54) is 14.1 Å². The van der Waals surface area contributed by atoms with Crippen molar-refractivity contribution < 1.29 is 53.5 Å². The molecule has 1 heterocycles. The van der Waals surface area contributed by atoms with Crippen molar-refractivity contribution in [1.29, 1.82) is 0 Å². The van der Waals surface area contributed by atoms with E-state index >= 15 is 0 Å². The molecule has 1 saturated heterocycles. The number of hydrogen-bond acceptors (Lipinski definition) is 8. The molecular formula is C34H36N2O11. The Morgan fingerprint density at radius 3 is 1.89 bits per heavy atom. The van der Waals surface area contributed by atoms with Crippen molar-refractivity contribution in [3.05, 3.63) is 96.1 Å². The molecule has 0 radical (unpaired) electrons. The van der Waals surface area contributed by atoms with Crippen LogP contribution in [0.15, 0.2) is 84.9 Å². The van der Waals surface area contributed by atoms with Gasteiger partial charge in [-0.3, -0.25) is 14.4 Å². The van der Waals surface area contributed by atoms with Gasteiger partial charge in [0, 0.05) is 26.1 Å². The summed E-state index contributed by atoms with van der Waals surface area (Å²) in [5, 5.41) is 29.6. The van der Waals surface area contributed by atoms with Crippen LogP contribution in [0.2, 0.25) is 0 Å². The van der Waals surface area contributed by atoms with Gasteiger partial charge in [-0.1, -0.05) is 60.7 Å². The zero-order valence-electron chi connectivity index (χ0n) is 26.0. The van der Waals surface area contributed by atoms with Crippen molar-refractivity contribution >= 4 is 29.7 Å². The molecule has 13 nitrogen and oxygen atoms in total. The van der Waals surface area contributed by atoms with Gasteiger partial charge in [0.05, 0.1) is 0 Å². The van der Waals surface area contributed by atoms with Gasteiger partial charge in [-0.05, 0) is 55.2 Å². The van der Waals surface area contributed by atoms with Crippen molar-refractivity contribution in [2.75, 3.05) is 20.6 Å². The minimum absolute atomic E-state index is 0.441. The molecule has 248 valence electrons. The second-order valence-electron chi connectivity index (χ2n) is 11.3. The first-order chi connectivity index (χ1) is 22.3. The molecule has 0 spiro atoms. The molecule has 4 rings (SSSR count). The molecule has 47 heavy (non-hydrogen) atoms. The Morgan fingerprint density at radius 2 is 1.36 bits per heavy atom. The quantitative estimate of drug-likeness (QED) is 0.219. The van der Waals surface area contributed by atoms with E-state index in [-0.39, 0.29) is 0 Å². The summed E-state index contributed by atoms with van der Waals surface area (Å²) in [4.78, 5) is 65.2. The minimum atomic E-state index is -3.13. The Morgan fingerprint density at radius 1 is 0.809 bits per heavy atom. The van der Waals surface area contributed by atoms with Crippen LogP contribution in [0.4, 0.5) is 0 Å². The first kappa shape index (κ1) is 34.6. The maximum atomic E-state index is 14.1. The molecule has 2 amide bonds. The SMILES string of the molecule is C[C@H]([C@H](CCc1ccccc1)c1ccc(Oc2ccccc2)cc1)N(CC(=O)O)C(=O)[C@H]1O[C@](C(=O)O)(C(=O)N(C)C)O[C@@H]1C(=O)O. The number of aryl methyl sites for hydroxylation is 1. The number of aliphatic carboxylic acids is 3. The summed E-state index contributed by atoms with van der Waals surface area (Å²) in [5.74, 6) is -10.0. The maximum Gasteiger partial charge on any atom is 0.375 e. The van der Waals surface area contributed by atoms with E-state index < -0.39 is 66.2 Å². The highest BCUT2D eigenvalue weighted by molar-refractivity contribution is 6.05. The van der Waals surface area contributed by atoms with Crippen molar-refractivity contribution in [3.63, 3.8) is 0 Å². The predicted octanol–water partition coefficient (Wildman–Crippen LogP) is 3.23. The second kappa shape index (κ2) is 14.9. The number of para-hydroxylation sites is 1. The average molecular weight is 649 g/mol. The molecule has 1 aliphatic rings. The number of nitrogens with zero attached hydrogens (tertiary/aromatic N) is 2. The highest BCUT2D eigenvalue weighted by Crippen LogP contribution is 2.36. The van der Waals surface area contributed by atoms with E-state index in [1.807, 2.05) is 48.5 Å². The molecule has 1 aliphatic heterocycles. The Hall–Kier alpha value is -5.27. The van der Waals surface area contributed by atoms with Gasteiger partial charge in [-0.25, -0.2) is 9.59 Å². The van der Waals surface area contributed by atoms with E-state index in [4.69, 9.17) is 14.2 Å². The molecule has 3 N–H and O–H groups in total. The number of carboxylic acid groups (broad SMARTS) is 3. The molecule has 0 bridgehead atoms. The van der Waals surface area contributed by atoms with Crippen LogP contribution >= 0.6 is 0 Å². The molecule has 3 aromatic carbocycles. The van der Waals surface area contributed by atoms with Gasteiger partial charge < -0.3 is 39.3 Å². The van der Waals surface area contributed by atoms with Crippen LogP contribution in [0.5, 0.6) is 11.5 Å². The van der Waals surface area contributed by atoms with Gasteiger partial charge in [0.1, 0.15) is 18.0 Å². The molecule has 3 aromatic rings. The number of ether oxygens (including phenoxy) is 3. The number of likely N-dealkylation sites (N-methyl/N-ethyl adjacent to an activating group) is 1. The van der Waals surface area contributed by atoms with E-state index in [2.05, 4.69) is 0 Å². The number of hydrogen-bond donors (Lipinski definition) is 3. The van der Waals surface area contributed by atoms with Crippen LogP contribution < -0.4 is 4.74 Å². The van der Waals surface area contributed by atoms with Gasteiger partial charge in [0.25, 0.3) is 11.8 Å². The lowest BCUT2D eigenvalue weighted by Crippen LogP contribution is -2.55. The Kier molecular flexibility index (Phi) is 11.0. The van der Waals surface area contributed by atoms with Crippen LogP contribution in [0, 0.1) is 0 Å². The lowest BCUT2D eigenvalue weighted by molar-refractivity contribution is -0.215. The molecule has 0 aromatic heterocycles. The summed E-state index contributed by atoms with van der Waals surface area (Å²) in [6.45, 7) is 0.747. The van der Waals surface area contributed by atoms with Crippen LogP contribution in [-0.4, -0.2) is 99.5 Å². The Balaban J connectivity index is 1.70. The second-order valence-corrected chi connectivity index (χ2v) is 11.3. The van der Waals surface area contributed by atoms with Gasteiger partial charge >= 0.3 is 23.7 Å². The van der Waals surface area contributed by atoms with Gasteiger partial charge in [-0.15, -0.1) is 0 Å². The zero-order valence-corrected chi connectivity index (χ0v) is 26.0. The minimum Gasteiger partial charge on any atom is -0.480 e. The average Bonchev–Trinajstić information content (AvgIpc) is 3.47. The first-order valence-corrected chi connectivity index (χ1v) is 14.8. The monoisotopic (exact) mass is 648 g/mol. The number of carbonyl (C=O) groups is 5. The van der Waals surface area contributed by atoms with E-state index in [1.54, 1.807) is 43.3 Å². The fourth-order valence-corrected chi connectivity index (χ4v) is 5.47. The van der Waals surface area contributed by atoms with Crippen molar-refractivity contribution in [2.45, 2.75) is 49.7 Å². The highest BCUT2D eigenvalue weighted by atomic mass is 16.8. The first-order valence-electron chi connectivity index (χ1n) is 14.8. The fraction of sp³-hybridized carbons (Fsp3) is 0.324. The maximum absolute atomic E-state index is 14.1. The summed E-state index contributed by atoms with van der Waals surface area (Å²) in [5.41, 5.74) is 1.73. The third-order valence-corrected chi connectivity index (χ3v) is 7.85. The van der Waals surface area contributed by atoms with E-state index in [0.29, 0.717) is 24.3 Å². The number of amides is 2. The Bertz CT molecular complexity index is 1580. The molecule has 0 aliphatic carbocycles. The molecule has 0 unspecified atom stereocenters. The normalized spacial score (nSPS) is 20.1. The summed E-state index contributed by atoms with van der Waals surface area (Å²) >= 11 is 0. The van der Waals surface area contributed by atoms with E-state index in [9.17, 15) is 39.3 Å². The van der Waals surface area contributed by atoms with Crippen LogP contribution in [0.1, 0.15) is 30.4 Å². The number of carboxylic acids is 3. The fourth-order valence-electron chi connectivity index (χ4n) is 5.47. The number of rotatable bonds is 14. The highest BCUT2D eigenvalue weighted by Gasteiger charge is 2.64. The van der Waals surface area contributed by atoms with Gasteiger partial charge in [-0.2, -0.15) is 0 Å². The number of carbonyl (C=O) groups excluding carboxylic acids is 2. The van der Waals surface area contributed by atoms with Crippen molar-refractivity contribution in [2.24, 2.45) is 0 Å². The molecule has 0 saturated carbocycles. The zero-order chi connectivity index (χ0) is 34.3. The summed E-state index contributed by atoms with van der Waals surface area (Å²) < 4.78 is 16.4. The molecular weight excluding hydrogens is 612 g/mol. The lowest BCUT2D eigenvalue weighted by atomic mass is 9.85. The number of benzene rings is 3. The largest absolute Gasteiger partial charge is 0.480 e. The van der Waals surface area contributed by atoms with Crippen LogP contribution in [-0.2, 0) is 39.9 Å². The lowest BCUT2D eigenvalue weighted by Gasteiger charge is -2.36. The smallest absolute Gasteiger partial charge is 0.375 e. The molecule has 5 atom stereocenters. The predicted molar refractivity (Wildman–Crippen MR) is 166 cm³/mol. The summed E-state index contributed by atoms with van der Waals surface area (Å²) in [6, 6.07) is 24.9. The van der Waals surface area contributed by atoms with Gasteiger partial charge in [0.15, 0.2) is 12.2 Å². The van der Waals surface area contributed by atoms with Gasteiger partial charge in [0.2, 0.25) is 0 Å². The molecule has 1 fully saturated rings. The van der Waals surface area contributed by atoms with Crippen LogP contribution in [0.3, 0.4) is 0 Å². The Labute approximate surface area is 270 Å². The third kappa shape index (κ3) is 7.94.